The highest BCUT2D eigenvalue weighted by molar-refractivity contribution is 9.10. The number of thioether (sulfide) groups is 1. The van der Waals surface area contributed by atoms with Crippen LogP contribution in [0.2, 0.25) is 0 Å². The van der Waals surface area contributed by atoms with Gasteiger partial charge < -0.3 is 5.73 Å². The van der Waals surface area contributed by atoms with Crippen LogP contribution in [0.5, 0.6) is 0 Å². The molecule has 0 amide bonds. The fourth-order valence-electron chi connectivity index (χ4n) is 1.50. The highest BCUT2D eigenvalue weighted by Crippen LogP contribution is 2.32. The van der Waals surface area contributed by atoms with Crippen molar-refractivity contribution in [3.8, 4) is 0 Å². The van der Waals surface area contributed by atoms with Crippen LogP contribution in [-0.2, 0) is 0 Å². The normalized spacial score (nSPS) is 13.7. The van der Waals surface area contributed by atoms with Gasteiger partial charge in [0.05, 0.1) is 0 Å². The van der Waals surface area contributed by atoms with E-state index in [9.17, 15) is 13.2 Å². The lowest BCUT2D eigenvalue weighted by atomic mass is 9.97. The Kier molecular flexibility index (Phi) is 5.82. The number of alkyl halides is 3. The molecule has 0 heterocycles. The molecule has 1 aromatic carbocycles. The molecule has 0 spiro atoms. The van der Waals surface area contributed by atoms with E-state index < -0.39 is 5.51 Å². The highest BCUT2D eigenvalue weighted by atomic mass is 79.9. The molecule has 0 aliphatic rings. The number of hydrogen-bond acceptors (Lipinski definition) is 2. The van der Waals surface area contributed by atoms with Gasteiger partial charge in [-0.1, -0.05) is 39.8 Å². The van der Waals surface area contributed by atoms with E-state index in [0.717, 1.165) is 10.0 Å². The second-order valence-electron chi connectivity index (χ2n) is 3.57. The summed E-state index contributed by atoms with van der Waals surface area (Å²) in [4.78, 5) is 0. The van der Waals surface area contributed by atoms with Crippen molar-refractivity contribution in [2.24, 2.45) is 5.73 Å². The molecule has 1 nitrogen and oxygen atoms in total. The zero-order valence-corrected chi connectivity index (χ0v) is 11.4. The number of hydrogen-bond donors (Lipinski definition) is 1. The van der Waals surface area contributed by atoms with E-state index in [1.807, 2.05) is 24.3 Å². The number of halogens is 4. The van der Waals surface area contributed by atoms with Crippen molar-refractivity contribution < 1.29 is 13.2 Å². The summed E-state index contributed by atoms with van der Waals surface area (Å²) in [5.41, 5.74) is 2.42. The molecular weight excluding hydrogens is 315 g/mol. The molecule has 0 radical (unpaired) electrons. The van der Waals surface area contributed by atoms with Gasteiger partial charge in [0.1, 0.15) is 0 Å². The average Bonchev–Trinajstić information content (AvgIpc) is 2.23. The van der Waals surface area contributed by atoms with E-state index in [4.69, 9.17) is 5.73 Å². The minimum Gasteiger partial charge on any atom is -0.330 e. The van der Waals surface area contributed by atoms with Crippen LogP contribution < -0.4 is 5.73 Å². The maximum absolute atomic E-state index is 12.0. The lowest BCUT2D eigenvalue weighted by molar-refractivity contribution is -0.0328. The lowest BCUT2D eigenvalue weighted by Crippen LogP contribution is -2.14. The van der Waals surface area contributed by atoms with E-state index in [-0.39, 0.29) is 23.4 Å². The Bertz CT molecular complexity index is 357. The third-order valence-electron chi connectivity index (χ3n) is 2.34. The van der Waals surface area contributed by atoms with Crippen LogP contribution in [0, 0.1) is 0 Å². The largest absolute Gasteiger partial charge is 0.441 e. The fourth-order valence-corrected chi connectivity index (χ4v) is 2.55. The summed E-state index contributed by atoms with van der Waals surface area (Å²) in [7, 11) is 0. The Morgan fingerprint density at radius 3 is 2.59 bits per heavy atom. The van der Waals surface area contributed by atoms with Gasteiger partial charge in [0.15, 0.2) is 0 Å². The Labute approximate surface area is 111 Å². The molecule has 6 heteroatoms. The first-order chi connectivity index (χ1) is 7.92. The number of rotatable bonds is 5. The predicted molar refractivity (Wildman–Crippen MR) is 69.1 cm³/mol. The van der Waals surface area contributed by atoms with Crippen LogP contribution in [0.3, 0.4) is 0 Å². The molecular formula is C11H13BrF3NS. The molecule has 0 bridgehead atoms. The molecule has 1 unspecified atom stereocenters. The number of benzene rings is 1. The van der Waals surface area contributed by atoms with Crippen LogP contribution in [0.25, 0.3) is 0 Å². The smallest absolute Gasteiger partial charge is 0.330 e. The van der Waals surface area contributed by atoms with E-state index in [1.54, 1.807) is 0 Å². The molecule has 0 saturated carbocycles. The van der Waals surface area contributed by atoms with Gasteiger partial charge in [0.25, 0.3) is 0 Å². The Hall–Kier alpha value is -0.200. The molecule has 0 saturated heterocycles. The van der Waals surface area contributed by atoms with Crippen molar-refractivity contribution in [1.29, 1.82) is 0 Å². The second-order valence-corrected chi connectivity index (χ2v) is 5.65. The monoisotopic (exact) mass is 327 g/mol. The van der Waals surface area contributed by atoms with E-state index >= 15 is 0 Å². The zero-order chi connectivity index (χ0) is 12.9. The third-order valence-corrected chi connectivity index (χ3v) is 3.60. The zero-order valence-electron chi connectivity index (χ0n) is 9.01. The summed E-state index contributed by atoms with van der Waals surface area (Å²) in [6.45, 7) is 0.356. The first-order valence-corrected chi connectivity index (χ1v) is 6.86. The van der Waals surface area contributed by atoms with Crippen molar-refractivity contribution in [3.63, 3.8) is 0 Å². The average molecular weight is 328 g/mol. The first kappa shape index (κ1) is 14.9. The Morgan fingerprint density at radius 1 is 1.35 bits per heavy atom. The summed E-state index contributed by atoms with van der Waals surface area (Å²) in [6.07, 6.45) is 0.428. The summed E-state index contributed by atoms with van der Waals surface area (Å²) < 4.78 is 36.9. The van der Waals surface area contributed by atoms with E-state index in [1.165, 1.54) is 0 Å². The molecule has 1 rings (SSSR count). The highest BCUT2D eigenvalue weighted by Gasteiger charge is 2.28. The molecule has 96 valence electrons. The molecule has 1 aromatic rings. The second kappa shape index (κ2) is 6.66. The van der Waals surface area contributed by atoms with Crippen LogP contribution in [0.1, 0.15) is 17.9 Å². The van der Waals surface area contributed by atoms with Gasteiger partial charge in [-0.25, -0.2) is 0 Å². The maximum Gasteiger partial charge on any atom is 0.441 e. The van der Waals surface area contributed by atoms with Crippen molar-refractivity contribution >= 4 is 27.7 Å². The quantitative estimate of drug-likeness (QED) is 0.879. The SMILES string of the molecule is NCC(CCSC(F)(F)F)c1cccc(Br)c1. The van der Waals surface area contributed by atoms with Crippen molar-refractivity contribution in [1.82, 2.24) is 0 Å². The maximum atomic E-state index is 12.0. The standard InChI is InChI=1S/C11H13BrF3NS/c12-10-3-1-2-8(6-10)9(7-16)4-5-17-11(13,14)15/h1-3,6,9H,4-5,7,16H2. The lowest BCUT2D eigenvalue weighted by Gasteiger charge is -2.15. The molecule has 17 heavy (non-hydrogen) atoms. The fraction of sp³-hybridized carbons (Fsp3) is 0.455. The first-order valence-electron chi connectivity index (χ1n) is 5.08. The summed E-state index contributed by atoms with van der Waals surface area (Å²) in [5, 5.41) is 0. The topological polar surface area (TPSA) is 26.0 Å². The summed E-state index contributed by atoms with van der Waals surface area (Å²) >= 11 is 3.34. The van der Waals surface area contributed by atoms with Gasteiger partial charge in [-0.05, 0) is 36.6 Å². The minimum atomic E-state index is -4.16. The van der Waals surface area contributed by atoms with Crippen LogP contribution in [0.15, 0.2) is 28.7 Å². The van der Waals surface area contributed by atoms with E-state index in [2.05, 4.69) is 15.9 Å². The molecule has 1 atom stereocenters. The molecule has 0 aliphatic carbocycles. The van der Waals surface area contributed by atoms with E-state index in [0.29, 0.717) is 13.0 Å². The van der Waals surface area contributed by atoms with Crippen LogP contribution in [0.4, 0.5) is 13.2 Å². The van der Waals surface area contributed by atoms with Gasteiger partial charge in [0.2, 0.25) is 0 Å². The van der Waals surface area contributed by atoms with Crippen molar-refractivity contribution in [2.45, 2.75) is 17.8 Å². The Balaban J connectivity index is 2.54. The van der Waals surface area contributed by atoms with Gasteiger partial charge >= 0.3 is 5.51 Å². The molecule has 2 N–H and O–H groups in total. The minimum absolute atomic E-state index is 0.00886. The van der Waals surface area contributed by atoms with Gasteiger partial charge in [-0.2, -0.15) is 13.2 Å². The van der Waals surface area contributed by atoms with Gasteiger partial charge in [-0.3, -0.25) is 0 Å². The van der Waals surface area contributed by atoms with Gasteiger partial charge in [0, 0.05) is 10.2 Å². The molecule has 0 fully saturated rings. The number of nitrogens with two attached hydrogens (primary N) is 1. The van der Waals surface area contributed by atoms with Crippen LogP contribution >= 0.6 is 27.7 Å². The molecule has 0 aliphatic heterocycles. The van der Waals surface area contributed by atoms with Crippen LogP contribution in [-0.4, -0.2) is 17.8 Å². The Morgan fingerprint density at radius 2 is 2.06 bits per heavy atom. The van der Waals surface area contributed by atoms with Gasteiger partial charge in [-0.15, -0.1) is 0 Å². The predicted octanol–water partition coefficient (Wildman–Crippen LogP) is 4.13. The molecule has 0 aromatic heterocycles. The summed E-state index contributed by atoms with van der Waals surface area (Å²) in [5.74, 6) is 0.0140. The summed E-state index contributed by atoms with van der Waals surface area (Å²) in [6, 6.07) is 7.52. The van der Waals surface area contributed by atoms with Crippen molar-refractivity contribution in [2.75, 3.05) is 12.3 Å². The van der Waals surface area contributed by atoms with Crippen molar-refractivity contribution in [3.05, 3.63) is 34.3 Å². The third kappa shape index (κ3) is 5.79.